The van der Waals surface area contributed by atoms with Crippen LogP contribution in [-0.4, -0.2) is 50.0 Å². The highest BCUT2D eigenvalue weighted by molar-refractivity contribution is 7.92. The number of nitrogens with one attached hydrogen (secondary N) is 1. The average Bonchev–Trinajstić information content (AvgIpc) is 2.81. The molecule has 2 amide bonds. The molecule has 0 bridgehead atoms. The number of amides is 2. The third-order valence-electron chi connectivity index (χ3n) is 6.18. The van der Waals surface area contributed by atoms with Crippen molar-refractivity contribution in [2.24, 2.45) is 0 Å². The first-order valence-corrected chi connectivity index (χ1v) is 15.1. The maximum Gasteiger partial charge on any atom is 0.243 e. The van der Waals surface area contributed by atoms with E-state index in [9.17, 15) is 18.0 Å². The van der Waals surface area contributed by atoms with Crippen LogP contribution in [-0.2, 0) is 26.2 Å². The highest BCUT2D eigenvalue weighted by Crippen LogP contribution is 2.25. The summed E-state index contributed by atoms with van der Waals surface area (Å²) in [5, 5.41) is 3.86. The summed E-state index contributed by atoms with van der Waals surface area (Å²) in [5.74, 6) is -0.484. The maximum atomic E-state index is 13.5. The first kappa shape index (κ1) is 30.9. The molecule has 0 heterocycles. The van der Waals surface area contributed by atoms with Gasteiger partial charge in [0.05, 0.1) is 11.9 Å². The number of anilines is 1. The number of nitrogens with zero attached hydrogens (tertiary/aromatic N) is 2. The van der Waals surface area contributed by atoms with Crippen molar-refractivity contribution < 1.29 is 18.0 Å². The molecule has 204 valence electrons. The second-order valence-corrected chi connectivity index (χ2v) is 12.0. The summed E-state index contributed by atoms with van der Waals surface area (Å²) in [7, 11) is -3.55. The van der Waals surface area contributed by atoms with Crippen LogP contribution < -0.4 is 9.62 Å². The molecule has 0 aliphatic carbocycles. The van der Waals surface area contributed by atoms with Crippen LogP contribution in [0.2, 0.25) is 10.0 Å². The van der Waals surface area contributed by atoms with E-state index in [2.05, 4.69) is 5.32 Å². The van der Waals surface area contributed by atoms with Gasteiger partial charge in [0.2, 0.25) is 21.8 Å². The highest BCUT2D eigenvalue weighted by Gasteiger charge is 2.30. The quantitative estimate of drug-likeness (QED) is 0.341. The van der Waals surface area contributed by atoms with Crippen LogP contribution in [0.4, 0.5) is 5.69 Å². The van der Waals surface area contributed by atoms with E-state index in [0.717, 1.165) is 18.2 Å². The zero-order chi connectivity index (χ0) is 27.8. The largest absolute Gasteiger partial charge is 0.352 e. The Kier molecular flexibility index (Phi) is 11.7. The molecule has 0 aliphatic rings. The third-order valence-corrected chi connectivity index (χ3v) is 7.97. The fraction of sp³-hybridized carbons (Fsp3) is 0.481. The van der Waals surface area contributed by atoms with Gasteiger partial charge >= 0.3 is 0 Å². The molecule has 2 atom stereocenters. The Morgan fingerprint density at radius 3 is 2.32 bits per heavy atom. The highest BCUT2D eigenvalue weighted by atomic mass is 35.5. The smallest absolute Gasteiger partial charge is 0.243 e. The molecule has 0 aliphatic heterocycles. The summed E-state index contributed by atoms with van der Waals surface area (Å²) in [4.78, 5) is 28.2. The summed E-state index contributed by atoms with van der Waals surface area (Å²) in [6, 6.07) is 11.5. The van der Waals surface area contributed by atoms with Gasteiger partial charge in [-0.1, -0.05) is 55.2 Å². The predicted octanol–water partition coefficient (Wildman–Crippen LogP) is 5.57. The summed E-state index contributed by atoms with van der Waals surface area (Å²) in [6.07, 6.45) is 2.68. The summed E-state index contributed by atoms with van der Waals surface area (Å²) >= 11 is 12.4. The second-order valence-electron chi connectivity index (χ2n) is 9.28. The lowest BCUT2D eigenvalue weighted by molar-refractivity contribution is -0.141. The zero-order valence-electron chi connectivity index (χ0n) is 22.1. The van der Waals surface area contributed by atoms with Gasteiger partial charge in [0, 0.05) is 35.6 Å². The molecule has 0 aromatic heterocycles. The first-order valence-electron chi connectivity index (χ1n) is 12.5. The number of hydrogen-bond acceptors (Lipinski definition) is 4. The summed E-state index contributed by atoms with van der Waals surface area (Å²) in [6.45, 7) is 7.91. The van der Waals surface area contributed by atoms with Crippen molar-refractivity contribution in [2.45, 2.75) is 72.0 Å². The Morgan fingerprint density at radius 2 is 1.76 bits per heavy atom. The third kappa shape index (κ3) is 9.20. The molecular formula is C27H37Cl2N3O4S. The molecule has 7 nitrogen and oxygen atoms in total. The monoisotopic (exact) mass is 569 g/mol. The Balaban J connectivity index is 2.26. The van der Waals surface area contributed by atoms with Gasteiger partial charge in [0.15, 0.2) is 0 Å². The van der Waals surface area contributed by atoms with E-state index in [1.54, 1.807) is 36.4 Å². The Labute approximate surface area is 231 Å². The summed E-state index contributed by atoms with van der Waals surface area (Å²) < 4.78 is 26.3. The number of benzene rings is 2. The van der Waals surface area contributed by atoms with Crippen molar-refractivity contribution in [3.63, 3.8) is 0 Å². The molecule has 10 heteroatoms. The van der Waals surface area contributed by atoms with Gasteiger partial charge in [-0.3, -0.25) is 13.9 Å². The second kappa shape index (κ2) is 14.0. The lowest BCUT2D eigenvalue weighted by Crippen LogP contribution is -2.50. The van der Waals surface area contributed by atoms with Gasteiger partial charge in [-0.25, -0.2) is 8.42 Å². The van der Waals surface area contributed by atoms with Crippen molar-refractivity contribution in [3.8, 4) is 0 Å². The van der Waals surface area contributed by atoms with Crippen LogP contribution in [0.3, 0.4) is 0 Å². The molecule has 0 fully saturated rings. The van der Waals surface area contributed by atoms with Crippen LogP contribution in [0, 0.1) is 6.92 Å². The van der Waals surface area contributed by atoms with Gasteiger partial charge in [-0.15, -0.1) is 0 Å². The standard InChI is InChI=1S/C27H37Cl2N3O4S/c1-6-20(4)30-27(34)25(7-2)31(18-21-13-14-22(28)17-24(21)29)26(33)12-9-15-32(37(5,35)36)23-11-8-10-19(3)16-23/h8,10-11,13-14,16-17,20,25H,6-7,9,12,15,18H2,1-5H3,(H,30,34)/t20-,25-/m1/s1. The molecule has 37 heavy (non-hydrogen) atoms. The van der Waals surface area contributed by atoms with Crippen LogP contribution >= 0.6 is 23.2 Å². The van der Waals surface area contributed by atoms with E-state index in [4.69, 9.17) is 23.2 Å². The van der Waals surface area contributed by atoms with Crippen molar-refractivity contribution in [1.29, 1.82) is 0 Å². The number of sulfonamides is 1. The molecule has 0 saturated carbocycles. The molecule has 2 rings (SSSR count). The van der Waals surface area contributed by atoms with Crippen LogP contribution in [0.25, 0.3) is 0 Å². The Bertz CT molecular complexity index is 1190. The fourth-order valence-corrected chi connectivity index (χ4v) is 5.41. The lowest BCUT2D eigenvalue weighted by Gasteiger charge is -2.32. The normalized spacial score (nSPS) is 13.1. The topological polar surface area (TPSA) is 86.8 Å². The van der Waals surface area contributed by atoms with E-state index < -0.39 is 16.1 Å². The van der Waals surface area contributed by atoms with Gasteiger partial charge in [0.1, 0.15) is 6.04 Å². The average molecular weight is 571 g/mol. The minimum Gasteiger partial charge on any atom is -0.352 e. The van der Waals surface area contributed by atoms with Gasteiger partial charge in [0.25, 0.3) is 0 Å². The number of halogens is 2. The minimum atomic E-state index is -3.55. The number of carbonyl (C=O) groups is 2. The molecular weight excluding hydrogens is 533 g/mol. The van der Waals surface area contributed by atoms with Crippen LogP contribution in [0.1, 0.15) is 57.6 Å². The van der Waals surface area contributed by atoms with E-state index in [-0.39, 0.29) is 43.8 Å². The summed E-state index contributed by atoms with van der Waals surface area (Å²) in [5.41, 5.74) is 2.16. The van der Waals surface area contributed by atoms with E-state index >= 15 is 0 Å². The number of rotatable bonds is 13. The van der Waals surface area contributed by atoms with Crippen molar-refractivity contribution in [2.75, 3.05) is 17.1 Å². The predicted molar refractivity (Wildman–Crippen MR) is 152 cm³/mol. The van der Waals surface area contributed by atoms with E-state index in [1.165, 1.54) is 9.21 Å². The van der Waals surface area contributed by atoms with Gasteiger partial charge in [-0.2, -0.15) is 0 Å². The Hall–Kier alpha value is -2.29. The number of hydrogen-bond donors (Lipinski definition) is 1. The van der Waals surface area contributed by atoms with E-state index in [0.29, 0.717) is 27.7 Å². The van der Waals surface area contributed by atoms with Gasteiger partial charge in [-0.05, 0) is 68.5 Å². The maximum absolute atomic E-state index is 13.5. The van der Waals surface area contributed by atoms with Crippen LogP contribution in [0.5, 0.6) is 0 Å². The first-order chi connectivity index (χ1) is 17.4. The lowest BCUT2D eigenvalue weighted by atomic mass is 10.1. The van der Waals surface area contributed by atoms with Crippen molar-refractivity contribution in [1.82, 2.24) is 10.2 Å². The van der Waals surface area contributed by atoms with E-state index in [1.807, 2.05) is 33.8 Å². The molecule has 1 N–H and O–H groups in total. The van der Waals surface area contributed by atoms with Crippen LogP contribution in [0.15, 0.2) is 42.5 Å². The zero-order valence-corrected chi connectivity index (χ0v) is 24.5. The minimum absolute atomic E-state index is 0.0322. The fourth-order valence-electron chi connectivity index (χ4n) is 3.98. The van der Waals surface area contributed by atoms with Crippen molar-refractivity contribution >= 4 is 50.7 Å². The van der Waals surface area contributed by atoms with Crippen molar-refractivity contribution in [3.05, 3.63) is 63.6 Å². The molecule has 0 saturated heterocycles. The molecule has 0 unspecified atom stereocenters. The molecule has 0 spiro atoms. The molecule has 2 aromatic carbocycles. The number of aryl methyl sites for hydroxylation is 1. The molecule has 0 radical (unpaired) electrons. The van der Waals surface area contributed by atoms with Gasteiger partial charge < -0.3 is 10.2 Å². The molecule has 2 aromatic rings. The SMILES string of the molecule is CC[C@@H](C)NC(=O)[C@@H](CC)N(Cc1ccc(Cl)cc1Cl)C(=O)CCCN(c1cccc(C)c1)S(C)(=O)=O. The number of carbonyl (C=O) groups excluding carboxylic acids is 2. The Morgan fingerprint density at radius 1 is 1.05 bits per heavy atom.